The molecule has 2 N–H and O–H groups in total. The second-order valence-corrected chi connectivity index (χ2v) is 4.70. The van der Waals surface area contributed by atoms with Gasteiger partial charge in [-0.1, -0.05) is 20.3 Å². The lowest BCUT2D eigenvalue weighted by Gasteiger charge is -2.04. The van der Waals surface area contributed by atoms with Gasteiger partial charge in [0.15, 0.2) is 0 Å². The van der Waals surface area contributed by atoms with Gasteiger partial charge in [0, 0.05) is 6.16 Å². The van der Waals surface area contributed by atoms with Crippen LogP contribution >= 0.6 is 7.60 Å². The van der Waals surface area contributed by atoms with Crippen molar-refractivity contribution in [2.45, 2.75) is 26.7 Å². The Morgan fingerprint density at radius 1 is 1.40 bits per heavy atom. The second-order valence-electron chi connectivity index (χ2n) is 2.92. The van der Waals surface area contributed by atoms with Gasteiger partial charge in [0.25, 0.3) is 0 Å². The van der Waals surface area contributed by atoms with E-state index >= 15 is 0 Å². The summed E-state index contributed by atoms with van der Waals surface area (Å²) in [6.45, 7) is 4.08. The molecular weight excluding hydrogens is 151 g/mol. The van der Waals surface area contributed by atoms with Crippen molar-refractivity contribution in [1.29, 1.82) is 0 Å². The SMILES string of the molecule is CC(C)CCCP(=O)(O)O. The van der Waals surface area contributed by atoms with E-state index in [2.05, 4.69) is 0 Å². The van der Waals surface area contributed by atoms with E-state index in [1.807, 2.05) is 13.8 Å². The topological polar surface area (TPSA) is 57.5 Å². The molecule has 0 aliphatic heterocycles. The third kappa shape index (κ3) is 8.15. The molecule has 0 saturated heterocycles. The van der Waals surface area contributed by atoms with Crippen molar-refractivity contribution in [2.75, 3.05) is 6.16 Å². The lowest BCUT2D eigenvalue weighted by atomic mass is 10.1. The molecule has 62 valence electrons. The molecule has 0 radical (unpaired) electrons. The molecule has 3 nitrogen and oxygen atoms in total. The molecule has 0 aliphatic carbocycles. The van der Waals surface area contributed by atoms with Crippen molar-refractivity contribution in [1.82, 2.24) is 0 Å². The molecule has 0 saturated carbocycles. The van der Waals surface area contributed by atoms with Gasteiger partial charge >= 0.3 is 7.60 Å². The lowest BCUT2D eigenvalue weighted by molar-refractivity contribution is 0.369. The third-order valence-corrected chi connectivity index (χ3v) is 2.13. The quantitative estimate of drug-likeness (QED) is 0.623. The molecular formula is C6H15O3P. The summed E-state index contributed by atoms with van der Waals surface area (Å²) in [7, 11) is -3.72. The van der Waals surface area contributed by atoms with Crippen molar-refractivity contribution < 1.29 is 14.4 Å². The molecule has 0 heterocycles. The molecule has 4 heteroatoms. The fraction of sp³-hybridized carbons (Fsp3) is 1.00. The van der Waals surface area contributed by atoms with E-state index in [1.54, 1.807) is 0 Å². The van der Waals surface area contributed by atoms with Gasteiger partial charge in [-0.3, -0.25) is 4.57 Å². The van der Waals surface area contributed by atoms with Crippen molar-refractivity contribution in [3.8, 4) is 0 Å². The summed E-state index contributed by atoms with van der Waals surface area (Å²) in [5.74, 6) is 0.534. The summed E-state index contributed by atoms with van der Waals surface area (Å²) in [5, 5.41) is 0. The Balaban J connectivity index is 3.30. The maximum absolute atomic E-state index is 10.3. The van der Waals surface area contributed by atoms with Crippen LogP contribution in [-0.2, 0) is 4.57 Å². The summed E-state index contributed by atoms with van der Waals surface area (Å²) >= 11 is 0. The molecule has 10 heavy (non-hydrogen) atoms. The van der Waals surface area contributed by atoms with Crippen LogP contribution in [0.2, 0.25) is 0 Å². The van der Waals surface area contributed by atoms with Crippen LogP contribution in [0, 0.1) is 5.92 Å². The third-order valence-electron chi connectivity index (χ3n) is 1.23. The minimum Gasteiger partial charge on any atom is -0.324 e. The second kappa shape index (κ2) is 4.12. The smallest absolute Gasteiger partial charge is 0.324 e. The van der Waals surface area contributed by atoms with E-state index in [0.717, 1.165) is 6.42 Å². The van der Waals surface area contributed by atoms with Gasteiger partial charge in [0.2, 0.25) is 0 Å². The Morgan fingerprint density at radius 2 is 1.90 bits per heavy atom. The molecule has 0 spiro atoms. The molecule has 0 aromatic rings. The number of rotatable bonds is 4. The van der Waals surface area contributed by atoms with Crippen molar-refractivity contribution in [3.63, 3.8) is 0 Å². The van der Waals surface area contributed by atoms with E-state index in [4.69, 9.17) is 9.79 Å². The fourth-order valence-corrected chi connectivity index (χ4v) is 1.30. The van der Waals surface area contributed by atoms with Crippen molar-refractivity contribution >= 4 is 7.60 Å². The van der Waals surface area contributed by atoms with Crippen molar-refractivity contribution in [2.24, 2.45) is 5.92 Å². The van der Waals surface area contributed by atoms with E-state index in [-0.39, 0.29) is 6.16 Å². The van der Waals surface area contributed by atoms with Crippen LogP contribution in [-0.4, -0.2) is 15.9 Å². The van der Waals surface area contributed by atoms with Crippen LogP contribution in [0.15, 0.2) is 0 Å². The van der Waals surface area contributed by atoms with Crippen molar-refractivity contribution in [3.05, 3.63) is 0 Å². The van der Waals surface area contributed by atoms with E-state index in [9.17, 15) is 4.57 Å². The summed E-state index contributed by atoms with van der Waals surface area (Å²) in [6, 6.07) is 0. The molecule has 0 fully saturated rings. The van der Waals surface area contributed by atoms with Gasteiger partial charge in [-0.25, -0.2) is 0 Å². The van der Waals surface area contributed by atoms with Gasteiger partial charge < -0.3 is 9.79 Å². The van der Waals surface area contributed by atoms with E-state index in [0.29, 0.717) is 12.3 Å². The van der Waals surface area contributed by atoms with Crippen LogP contribution in [0.1, 0.15) is 26.7 Å². The zero-order valence-electron chi connectivity index (χ0n) is 6.45. The predicted octanol–water partition coefficient (Wildman–Crippen LogP) is 1.60. The van der Waals surface area contributed by atoms with Crippen LogP contribution in [0.3, 0.4) is 0 Å². The van der Waals surface area contributed by atoms with Gasteiger partial charge in [-0.2, -0.15) is 0 Å². The number of hydrogen-bond donors (Lipinski definition) is 2. The molecule has 0 bridgehead atoms. The monoisotopic (exact) mass is 166 g/mol. The van der Waals surface area contributed by atoms with E-state index < -0.39 is 7.60 Å². The largest absolute Gasteiger partial charge is 0.325 e. The fourth-order valence-electron chi connectivity index (χ4n) is 0.706. The minimum atomic E-state index is -3.72. The van der Waals surface area contributed by atoms with E-state index in [1.165, 1.54) is 0 Å². The summed E-state index contributed by atoms with van der Waals surface area (Å²) in [4.78, 5) is 16.9. The maximum atomic E-state index is 10.3. The molecule has 0 atom stereocenters. The zero-order chi connectivity index (χ0) is 8.20. The molecule has 0 rings (SSSR count). The first-order valence-corrected chi connectivity index (χ1v) is 5.26. The Kier molecular flexibility index (Phi) is 4.18. The molecule has 0 aliphatic rings. The highest BCUT2D eigenvalue weighted by molar-refractivity contribution is 7.51. The van der Waals surface area contributed by atoms with Gasteiger partial charge in [-0.15, -0.1) is 0 Å². The Morgan fingerprint density at radius 3 is 2.20 bits per heavy atom. The summed E-state index contributed by atoms with van der Waals surface area (Å²) < 4.78 is 10.3. The molecule has 0 aromatic heterocycles. The highest BCUT2D eigenvalue weighted by Crippen LogP contribution is 2.35. The standard InChI is InChI=1S/C6H15O3P/c1-6(2)4-3-5-10(7,8)9/h6H,3-5H2,1-2H3,(H2,7,8,9). The summed E-state index contributed by atoms with van der Waals surface area (Å²) in [6.07, 6.45) is 1.55. The summed E-state index contributed by atoms with van der Waals surface area (Å²) in [5.41, 5.74) is 0. The maximum Gasteiger partial charge on any atom is 0.325 e. The minimum absolute atomic E-state index is 0.0329. The zero-order valence-corrected chi connectivity index (χ0v) is 7.34. The Labute approximate surface area is 61.6 Å². The molecule has 0 amide bonds. The first-order chi connectivity index (χ1) is 4.42. The number of hydrogen-bond acceptors (Lipinski definition) is 1. The van der Waals surface area contributed by atoms with Crippen LogP contribution < -0.4 is 0 Å². The first kappa shape index (κ1) is 10.2. The normalized spacial score (nSPS) is 12.5. The van der Waals surface area contributed by atoms with Crippen LogP contribution in [0.25, 0.3) is 0 Å². The van der Waals surface area contributed by atoms with Crippen LogP contribution in [0.4, 0.5) is 0 Å². The highest BCUT2D eigenvalue weighted by Gasteiger charge is 2.11. The van der Waals surface area contributed by atoms with Gasteiger partial charge in [0.05, 0.1) is 0 Å². The molecule has 0 unspecified atom stereocenters. The highest BCUT2D eigenvalue weighted by atomic mass is 31.2. The van der Waals surface area contributed by atoms with Crippen LogP contribution in [0.5, 0.6) is 0 Å². The van der Waals surface area contributed by atoms with Gasteiger partial charge in [0.1, 0.15) is 0 Å². The Bertz CT molecular complexity index is 127. The Hall–Kier alpha value is 0.150. The molecule has 0 aromatic carbocycles. The van der Waals surface area contributed by atoms with Gasteiger partial charge in [-0.05, 0) is 12.3 Å². The lowest BCUT2D eigenvalue weighted by Crippen LogP contribution is -1.92. The first-order valence-electron chi connectivity index (χ1n) is 3.46. The predicted molar refractivity (Wildman–Crippen MR) is 41.0 cm³/mol. The average molecular weight is 166 g/mol. The average Bonchev–Trinajstić information content (AvgIpc) is 1.59.